The minimum atomic E-state index is -3.18. The van der Waals surface area contributed by atoms with Gasteiger partial charge in [-0.2, -0.15) is 0 Å². The molecular formula is C11H10BrNO2S. The van der Waals surface area contributed by atoms with Gasteiger partial charge in [0, 0.05) is 21.8 Å². The molecule has 2 rings (SSSR count). The number of hydrogen-bond donors (Lipinski definition) is 0. The number of fused-ring (bicyclic) bond motifs is 1. The third-order valence-electron chi connectivity index (χ3n) is 2.29. The van der Waals surface area contributed by atoms with Crippen LogP contribution in [0.25, 0.3) is 10.9 Å². The lowest BCUT2D eigenvalue weighted by Crippen LogP contribution is -1.97. The van der Waals surface area contributed by atoms with Gasteiger partial charge in [-0.3, -0.25) is 4.98 Å². The molecule has 16 heavy (non-hydrogen) atoms. The molecule has 0 N–H and O–H groups in total. The standard InChI is InChI=1S/C11H10BrNO2S/c1-7-3-4-8-5-9(16(2,14)15)6-10(12)11(8)13-7/h3-6H,1-2H3. The Balaban J connectivity index is 2.84. The summed E-state index contributed by atoms with van der Waals surface area (Å²) in [7, 11) is -3.18. The third-order valence-corrected chi connectivity index (χ3v) is 3.98. The van der Waals surface area contributed by atoms with Crippen LogP contribution in [0.15, 0.2) is 33.6 Å². The smallest absolute Gasteiger partial charge is 0.175 e. The summed E-state index contributed by atoms with van der Waals surface area (Å²) in [6.07, 6.45) is 1.20. The van der Waals surface area contributed by atoms with Crippen molar-refractivity contribution in [2.45, 2.75) is 11.8 Å². The normalized spacial score (nSPS) is 11.9. The SMILES string of the molecule is Cc1ccc2cc(S(C)(=O)=O)cc(Br)c2n1. The van der Waals surface area contributed by atoms with Crippen molar-refractivity contribution < 1.29 is 8.42 Å². The molecule has 0 aliphatic rings. The fourth-order valence-corrected chi connectivity index (χ4v) is 2.87. The lowest BCUT2D eigenvalue weighted by molar-refractivity contribution is 0.602. The predicted octanol–water partition coefficient (Wildman–Crippen LogP) is 2.71. The topological polar surface area (TPSA) is 47.0 Å². The van der Waals surface area contributed by atoms with Crippen molar-refractivity contribution in [3.05, 3.63) is 34.4 Å². The maximum absolute atomic E-state index is 11.5. The molecule has 0 saturated heterocycles. The van der Waals surface area contributed by atoms with Crippen molar-refractivity contribution in [1.29, 1.82) is 0 Å². The van der Waals surface area contributed by atoms with Crippen molar-refractivity contribution in [3.63, 3.8) is 0 Å². The van der Waals surface area contributed by atoms with E-state index in [1.807, 2.05) is 19.1 Å². The van der Waals surface area contributed by atoms with Crippen molar-refractivity contribution in [2.75, 3.05) is 6.26 Å². The summed E-state index contributed by atoms with van der Waals surface area (Å²) in [5.41, 5.74) is 1.69. The molecule has 0 saturated carbocycles. The van der Waals surface area contributed by atoms with E-state index in [4.69, 9.17) is 0 Å². The number of pyridine rings is 1. The van der Waals surface area contributed by atoms with Crippen LogP contribution >= 0.6 is 15.9 Å². The van der Waals surface area contributed by atoms with Gasteiger partial charge in [0.2, 0.25) is 0 Å². The quantitative estimate of drug-likeness (QED) is 0.813. The Morgan fingerprint density at radius 1 is 1.25 bits per heavy atom. The highest BCUT2D eigenvalue weighted by atomic mass is 79.9. The average Bonchev–Trinajstić information content (AvgIpc) is 2.17. The molecule has 5 heteroatoms. The highest BCUT2D eigenvalue weighted by Crippen LogP contribution is 2.26. The first-order chi connectivity index (χ1) is 7.38. The number of aryl methyl sites for hydroxylation is 1. The van der Waals surface area contributed by atoms with Gasteiger partial charge >= 0.3 is 0 Å². The number of halogens is 1. The highest BCUT2D eigenvalue weighted by Gasteiger charge is 2.11. The summed E-state index contributed by atoms with van der Waals surface area (Å²) in [6, 6.07) is 6.96. The van der Waals surface area contributed by atoms with E-state index in [-0.39, 0.29) is 0 Å². The first-order valence-corrected chi connectivity index (χ1v) is 7.33. The molecule has 1 aromatic heterocycles. The van der Waals surface area contributed by atoms with Gasteiger partial charge in [-0.1, -0.05) is 6.07 Å². The van der Waals surface area contributed by atoms with Gasteiger partial charge in [-0.15, -0.1) is 0 Å². The zero-order valence-corrected chi connectivity index (χ0v) is 11.3. The van der Waals surface area contributed by atoms with Gasteiger partial charge in [-0.25, -0.2) is 8.42 Å². The summed E-state index contributed by atoms with van der Waals surface area (Å²) in [5, 5.41) is 0.820. The summed E-state index contributed by atoms with van der Waals surface area (Å²) in [5.74, 6) is 0. The second kappa shape index (κ2) is 3.82. The van der Waals surface area contributed by atoms with Crippen LogP contribution in [-0.2, 0) is 9.84 Å². The maximum Gasteiger partial charge on any atom is 0.175 e. The Hall–Kier alpha value is -0.940. The van der Waals surface area contributed by atoms with Crippen LogP contribution < -0.4 is 0 Å². The summed E-state index contributed by atoms with van der Waals surface area (Å²) < 4.78 is 23.6. The van der Waals surface area contributed by atoms with E-state index in [1.165, 1.54) is 6.26 Å². The lowest BCUT2D eigenvalue weighted by atomic mass is 10.2. The van der Waals surface area contributed by atoms with Crippen LogP contribution in [0.1, 0.15) is 5.69 Å². The number of hydrogen-bond acceptors (Lipinski definition) is 3. The molecule has 3 nitrogen and oxygen atoms in total. The van der Waals surface area contributed by atoms with Crippen molar-refractivity contribution in [3.8, 4) is 0 Å². The fraction of sp³-hybridized carbons (Fsp3) is 0.182. The Bertz CT molecular complexity index is 665. The predicted molar refractivity (Wildman–Crippen MR) is 67.3 cm³/mol. The minimum absolute atomic E-state index is 0.303. The Morgan fingerprint density at radius 3 is 2.56 bits per heavy atom. The number of aromatic nitrogens is 1. The molecule has 0 bridgehead atoms. The van der Waals surface area contributed by atoms with E-state index in [0.29, 0.717) is 9.37 Å². The molecule has 1 aromatic carbocycles. The number of nitrogens with zero attached hydrogens (tertiary/aromatic N) is 1. The Labute approximate surface area is 103 Å². The largest absolute Gasteiger partial charge is 0.252 e. The van der Waals surface area contributed by atoms with Gasteiger partial charge in [0.25, 0.3) is 0 Å². The maximum atomic E-state index is 11.5. The summed E-state index contributed by atoms with van der Waals surface area (Å²) in [4.78, 5) is 4.66. The third kappa shape index (κ3) is 2.10. The van der Waals surface area contributed by atoms with Crippen LogP contribution in [0.3, 0.4) is 0 Å². The van der Waals surface area contributed by atoms with Gasteiger partial charge in [0.15, 0.2) is 9.84 Å². The van der Waals surface area contributed by atoms with Crippen LogP contribution in [-0.4, -0.2) is 19.7 Å². The van der Waals surface area contributed by atoms with E-state index in [1.54, 1.807) is 12.1 Å². The van der Waals surface area contributed by atoms with Crippen LogP contribution in [0.2, 0.25) is 0 Å². The van der Waals surface area contributed by atoms with Gasteiger partial charge in [-0.05, 0) is 41.1 Å². The van der Waals surface area contributed by atoms with Crippen molar-refractivity contribution in [2.24, 2.45) is 0 Å². The average molecular weight is 300 g/mol. The second-order valence-electron chi connectivity index (χ2n) is 3.70. The number of sulfone groups is 1. The molecule has 0 spiro atoms. The molecule has 0 aliphatic heterocycles. The molecular weight excluding hydrogens is 290 g/mol. The van der Waals surface area contributed by atoms with Gasteiger partial charge < -0.3 is 0 Å². The molecule has 0 radical (unpaired) electrons. The molecule has 0 fully saturated rings. The first kappa shape index (κ1) is 11.5. The van der Waals surface area contributed by atoms with Crippen LogP contribution in [0.5, 0.6) is 0 Å². The highest BCUT2D eigenvalue weighted by molar-refractivity contribution is 9.10. The van der Waals surface area contributed by atoms with Crippen molar-refractivity contribution >= 4 is 36.7 Å². The molecule has 0 atom stereocenters. The van der Waals surface area contributed by atoms with E-state index in [2.05, 4.69) is 20.9 Å². The zero-order valence-electron chi connectivity index (χ0n) is 8.86. The molecule has 0 amide bonds. The van der Waals surface area contributed by atoms with E-state index < -0.39 is 9.84 Å². The van der Waals surface area contributed by atoms with Crippen LogP contribution in [0, 0.1) is 6.92 Å². The molecule has 0 aliphatic carbocycles. The minimum Gasteiger partial charge on any atom is -0.252 e. The summed E-state index contributed by atoms with van der Waals surface area (Å²) >= 11 is 3.35. The van der Waals surface area contributed by atoms with E-state index in [9.17, 15) is 8.42 Å². The second-order valence-corrected chi connectivity index (χ2v) is 6.57. The molecule has 0 unspecified atom stereocenters. The van der Waals surface area contributed by atoms with Gasteiger partial charge in [0.05, 0.1) is 10.4 Å². The Kier molecular flexibility index (Phi) is 2.75. The molecule has 1 heterocycles. The van der Waals surface area contributed by atoms with E-state index in [0.717, 1.165) is 16.6 Å². The molecule has 84 valence electrons. The first-order valence-electron chi connectivity index (χ1n) is 4.65. The monoisotopic (exact) mass is 299 g/mol. The fourth-order valence-electron chi connectivity index (χ4n) is 1.48. The van der Waals surface area contributed by atoms with Crippen LogP contribution in [0.4, 0.5) is 0 Å². The lowest BCUT2D eigenvalue weighted by Gasteiger charge is -2.04. The van der Waals surface area contributed by atoms with E-state index >= 15 is 0 Å². The zero-order chi connectivity index (χ0) is 11.9. The molecule has 2 aromatic rings. The van der Waals surface area contributed by atoms with Gasteiger partial charge in [0.1, 0.15) is 0 Å². The number of rotatable bonds is 1. The number of benzene rings is 1. The Morgan fingerprint density at radius 2 is 1.94 bits per heavy atom. The van der Waals surface area contributed by atoms with Crippen molar-refractivity contribution in [1.82, 2.24) is 4.98 Å². The summed E-state index contributed by atoms with van der Waals surface area (Å²) in [6.45, 7) is 1.90.